The van der Waals surface area contributed by atoms with Crippen molar-refractivity contribution in [2.75, 3.05) is 34.2 Å². The number of carbonyl (C=O) groups excluding carboxylic acids is 1. The zero-order chi connectivity index (χ0) is 14.5. The molecule has 0 saturated heterocycles. The van der Waals surface area contributed by atoms with Gasteiger partial charge in [0.05, 0.1) is 0 Å². The van der Waals surface area contributed by atoms with E-state index in [1.807, 2.05) is 27.2 Å². The van der Waals surface area contributed by atoms with Gasteiger partial charge in [-0.05, 0) is 45.8 Å². The summed E-state index contributed by atoms with van der Waals surface area (Å²) < 4.78 is 0. The standard InChI is InChI=1S/C14H25N3OS/c1-14(2,16(3)4)11-15-13(18)17(5)9-8-12-7-6-10-19-12/h6-7,10H,8-9,11H2,1-5H3,(H,15,18). The molecule has 5 heteroatoms. The van der Waals surface area contributed by atoms with Crippen molar-refractivity contribution in [1.82, 2.24) is 15.1 Å². The Morgan fingerprint density at radius 2 is 2.05 bits per heavy atom. The summed E-state index contributed by atoms with van der Waals surface area (Å²) in [6.45, 7) is 5.61. The Kier molecular flexibility index (Phi) is 5.82. The van der Waals surface area contributed by atoms with Gasteiger partial charge in [-0.15, -0.1) is 11.3 Å². The van der Waals surface area contributed by atoms with Gasteiger partial charge in [0.25, 0.3) is 0 Å². The molecule has 19 heavy (non-hydrogen) atoms. The van der Waals surface area contributed by atoms with E-state index in [1.165, 1.54) is 4.88 Å². The first kappa shape index (κ1) is 16.0. The van der Waals surface area contributed by atoms with E-state index in [0.29, 0.717) is 6.54 Å². The zero-order valence-corrected chi connectivity index (χ0v) is 13.4. The van der Waals surface area contributed by atoms with Crippen LogP contribution in [0, 0.1) is 0 Å². The van der Waals surface area contributed by atoms with E-state index < -0.39 is 0 Å². The van der Waals surface area contributed by atoms with E-state index in [2.05, 4.69) is 35.5 Å². The van der Waals surface area contributed by atoms with Gasteiger partial charge < -0.3 is 15.1 Å². The van der Waals surface area contributed by atoms with E-state index in [9.17, 15) is 4.79 Å². The molecule has 0 aliphatic heterocycles. The lowest BCUT2D eigenvalue weighted by Gasteiger charge is -2.33. The fourth-order valence-corrected chi connectivity index (χ4v) is 2.12. The summed E-state index contributed by atoms with van der Waals surface area (Å²) in [5.41, 5.74) is -0.0374. The maximum absolute atomic E-state index is 12.0. The first-order valence-electron chi connectivity index (χ1n) is 6.52. The van der Waals surface area contributed by atoms with Crippen LogP contribution in [-0.4, -0.2) is 55.6 Å². The van der Waals surface area contributed by atoms with E-state index >= 15 is 0 Å². The van der Waals surface area contributed by atoms with Gasteiger partial charge in [-0.1, -0.05) is 6.07 Å². The van der Waals surface area contributed by atoms with Crippen molar-refractivity contribution >= 4 is 17.4 Å². The molecule has 0 aliphatic carbocycles. The fraction of sp³-hybridized carbons (Fsp3) is 0.643. The van der Waals surface area contributed by atoms with Crippen molar-refractivity contribution in [2.24, 2.45) is 0 Å². The van der Waals surface area contributed by atoms with Crippen molar-refractivity contribution in [3.8, 4) is 0 Å². The Hall–Kier alpha value is -1.07. The lowest BCUT2D eigenvalue weighted by molar-refractivity contribution is 0.175. The van der Waals surface area contributed by atoms with Gasteiger partial charge in [0, 0.05) is 30.6 Å². The van der Waals surface area contributed by atoms with Crippen LogP contribution in [0.5, 0.6) is 0 Å². The molecular formula is C14H25N3OS. The van der Waals surface area contributed by atoms with Crippen LogP contribution in [0.3, 0.4) is 0 Å². The first-order valence-corrected chi connectivity index (χ1v) is 7.39. The SMILES string of the molecule is CN(CCc1cccs1)C(=O)NCC(C)(C)N(C)C. The van der Waals surface area contributed by atoms with Crippen LogP contribution in [0.4, 0.5) is 4.79 Å². The maximum atomic E-state index is 12.0. The summed E-state index contributed by atoms with van der Waals surface area (Å²) in [6.07, 6.45) is 0.915. The molecular weight excluding hydrogens is 258 g/mol. The molecule has 0 spiro atoms. The minimum absolute atomic E-state index is 0.00789. The second-order valence-electron chi connectivity index (χ2n) is 5.62. The van der Waals surface area contributed by atoms with Gasteiger partial charge in [0.2, 0.25) is 0 Å². The average molecular weight is 283 g/mol. The third-order valence-corrected chi connectivity index (χ3v) is 4.44. The van der Waals surface area contributed by atoms with E-state index in [-0.39, 0.29) is 11.6 Å². The molecule has 108 valence electrons. The molecule has 1 aromatic heterocycles. The summed E-state index contributed by atoms with van der Waals surface area (Å²) in [6, 6.07) is 4.14. The number of thiophene rings is 1. The number of urea groups is 1. The molecule has 1 aromatic rings. The highest BCUT2D eigenvalue weighted by molar-refractivity contribution is 7.09. The number of nitrogens with one attached hydrogen (secondary N) is 1. The van der Waals surface area contributed by atoms with Gasteiger partial charge >= 0.3 is 6.03 Å². The normalized spacial score (nSPS) is 11.7. The number of likely N-dealkylation sites (N-methyl/N-ethyl adjacent to an activating group) is 2. The molecule has 0 bridgehead atoms. The lowest BCUT2D eigenvalue weighted by atomic mass is 10.0. The second kappa shape index (κ2) is 6.91. The summed E-state index contributed by atoms with van der Waals surface area (Å²) >= 11 is 1.73. The highest BCUT2D eigenvalue weighted by Gasteiger charge is 2.21. The molecule has 1 N–H and O–H groups in total. The van der Waals surface area contributed by atoms with Crippen LogP contribution in [0.15, 0.2) is 17.5 Å². The maximum Gasteiger partial charge on any atom is 0.317 e. The second-order valence-corrected chi connectivity index (χ2v) is 6.65. The molecule has 1 rings (SSSR count). The number of rotatable bonds is 6. The Labute approximate surface area is 120 Å². The van der Waals surface area contributed by atoms with Gasteiger partial charge in [0.15, 0.2) is 0 Å². The molecule has 0 atom stereocenters. The molecule has 0 aliphatic rings. The van der Waals surface area contributed by atoms with Crippen LogP contribution in [0.2, 0.25) is 0 Å². The highest BCUT2D eigenvalue weighted by Crippen LogP contribution is 2.10. The molecule has 2 amide bonds. The fourth-order valence-electron chi connectivity index (χ4n) is 1.42. The number of hydrogen-bond donors (Lipinski definition) is 1. The number of amides is 2. The summed E-state index contributed by atoms with van der Waals surface area (Å²) in [4.78, 5) is 17.1. The summed E-state index contributed by atoms with van der Waals surface area (Å²) in [5, 5.41) is 5.05. The van der Waals surface area contributed by atoms with E-state index in [0.717, 1.165) is 13.0 Å². The monoisotopic (exact) mass is 283 g/mol. The van der Waals surface area contributed by atoms with Crippen LogP contribution >= 0.6 is 11.3 Å². The molecule has 0 saturated carbocycles. The Morgan fingerprint density at radius 3 is 2.58 bits per heavy atom. The van der Waals surface area contributed by atoms with Crippen molar-refractivity contribution < 1.29 is 4.79 Å². The molecule has 1 heterocycles. The van der Waals surface area contributed by atoms with Crippen LogP contribution < -0.4 is 5.32 Å². The summed E-state index contributed by atoms with van der Waals surface area (Å²) in [7, 11) is 5.88. The Morgan fingerprint density at radius 1 is 1.37 bits per heavy atom. The predicted molar refractivity (Wildman–Crippen MR) is 81.8 cm³/mol. The predicted octanol–water partition coefficient (Wildman–Crippen LogP) is 2.27. The van der Waals surface area contributed by atoms with Gasteiger partial charge in [-0.3, -0.25) is 0 Å². The molecule has 0 radical (unpaired) electrons. The highest BCUT2D eigenvalue weighted by atomic mass is 32.1. The van der Waals surface area contributed by atoms with Gasteiger partial charge in [0.1, 0.15) is 0 Å². The van der Waals surface area contributed by atoms with Gasteiger partial charge in [-0.25, -0.2) is 4.79 Å². The minimum Gasteiger partial charge on any atom is -0.336 e. The minimum atomic E-state index is -0.0374. The van der Waals surface area contributed by atoms with Crippen molar-refractivity contribution in [3.05, 3.63) is 22.4 Å². The number of carbonyl (C=O) groups is 1. The molecule has 4 nitrogen and oxygen atoms in total. The number of hydrogen-bond acceptors (Lipinski definition) is 3. The topological polar surface area (TPSA) is 35.6 Å². The first-order chi connectivity index (χ1) is 8.83. The van der Waals surface area contributed by atoms with E-state index in [1.54, 1.807) is 16.2 Å². The Balaban J connectivity index is 2.32. The van der Waals surface area contributed by atoms with E-state index in [4.69, 9.17) is 0 Å². The lowest BCUT2D eigenvalue weighted by Crippen LogP contribution is -2.50. The average Bonchev–Trinajstić information content (AvgIpc) is 2.85. The molecule has 0 unspecified atom stereocenters. The number of nitrogens with zero attached hydrogens (tertiary/aromatic N) is 2. The molecule has 0 aromatic carbocycles. The van der Waals surface area contributed by atoms with Crippen LogP contribution in [0.25, 0.3) is 0 Å². The Bertz CT molecular complexity index is 387. The van der Waals surface area contributed by atoms with Crippen molar-refractivity contribution in [2.45, 2.75) is 25.8 Å². The quantitative estimate of drug-likeness (QED) is 0.869. The zero-order valence-electron chi connectivity index (χ0n) is 12.6. The summed E-state index contributed by atoms with van der Waals surface area (Å²) in [5.74, 6) is 0. The van der Waals surface area contributed by atoms with Crippen LogP contribution in [0.1, 0.15) is 18.7 Å². The third-order valence-electron chi connectivity index (χ3n) is 3.50. The van der Waals surface area contributed by atoms with Crippen molar-refractivity contribution in [3.63, 3.8) is 0 Å². The largest absolute Gasteiger partial charge is 0.336 e. The third kappa shape index (κ3) is 5.20. The van der Waals surface area contributed by atoms with Crippen molar-refractivity contribution in [1.29, 1.82) is 0 Å². The van der Waals surface area contributed by atoms with Gasteiger partial charge in [-0.2, -0.15) is 0 Å². The van der Waals surface area contributed by atoms with Crippen LogP contribution in [-0.2, 0) is 6.42 Å². The molecule has 0 fully saturated rings. The smallest absolute Gasteiger partial charge is 0.317 e.